The van der Waals surface area contributed by atoms with Gasteiger partial charge in [-0.15, -0.1) is 24.0 Å². The lowest BCUT2D eigenvalue weighted by Crippen LogP contribution is -2.41. The van der Waals surface area contributed by atoms with Crippen LogP contribution in [0.15, 0.2) is 29.5 Å². The molecule has 0 aliphatic carbocycles. The first kappa shape index (κ1) is 21.2. The third kappa shape index (κ3) is 8.34. The number of aromatic nitrogens is 1. The van der Waals surface area contributed by atoms with Crippen LogP contribution in [0.4, 0.5) is 0 Å². The number of hydrogen-bond donors (Lipinski definition) is 2. The molecule has 1 unspecified atom stereocenters. The van der Waals surface area contributed by atoms with Crippen LogP contribution in [0.1, 0.15) is 13.8 Å². The van der Waals surface area contributed by atoms with Gasteiger partial charge < -0.3 is 19.9 Å². The normalized spacial score (nSPS) is 17.2. The molecular weight excluding hydrogens is 417 g/mol. The van der Waals surface area contributed by atoms with Crippen molar-refractivity contribution < 1.29 is 4.74 Å². The molecule has 1 aliphatic rings. The van der Waals surface area contributed by atoms with Crippen molar-refractivity contribution in [2.45, 2.75) is 20.4 Å². The van der Waals surface area contributed by atoms with E-state index >= 15 is 0 Å². The predicted molar refractivity (Wildman–Crippen MR) is 110 cm³/mol. The van der Waals surface area contributed by atoms with E-state index in [4.69, 9.17) is 9.73 Å². The van der Waals surface area contributed by atoms with Crippen molar-refractivity contribution in [3.05, 3.63) is 24.5 Å². The first-order valence-electron chi connectivity index (χ1n) is 8.71. The molecule has 0 radical (unpaired) electrons. The van der Waals surface area contributed by atoms with Crippen LogP contribution in [0, 0.1) is 5.92 Å². The maximum absolute atomic E-state index is 5.40. The van der Waals surface area contributed by atoms with Crippen LogP contribution in [0.25, 0.3) is 0 Å². The van der Waals surface area contributed by atoms with Crippen LogP contribution in [0.5, 0.6) is 0 Å². The molecule has 1 aromatic rings. The van der Waals surface area contributed by atoms with Crippen molar-refractivity contribution in [2.75, 3.05) is 52.5 Å². The van der Waals surface area contributed by atoms with Gasteiger partial charge in [0.15, 0.2) is 5.96 Å². The molecular formula is C17H32IN5O. The van der Waals surface area contributed by atoms with Crippen LogP contribution in [0.3, 0.4) is 0 Å². The van der Waals surface area contributed by atoms with E-state index in [-0.39, 0.29) is 24.0 Å². The maximum atomic E-state index is 5.40. The number of rotatable bonds is 8. The quantitative estimate of drug-likeness (QED) is 0.360. The minimum atomic E-state index is 0. The molecule has 6 nitrogen and oxygen atoms in total. The summed E-state index contributed by atoms with van der Waals surface area (Å²) in [5, 5.41) is 6.72. The second-order valence-corrected chi connectivity index (χ2v) is 6.09. The number of halogens is 1. The van der Waals surface area contributed by atoms with E-state index < -0.39 is 0 Å². The summed E-state index contributed by atoms with van der Waals surface area (Å²) < 4.78 is 7.56. The Labute approximate surface area is 163 Å². The number of morpholine rings is 1. The highest BCUT2D eigenvalue weighted by molar-refractivity contribution is 14.0. The fourth-order valence-corrected chi connectivity index (χ4v) is 2.69. The second kappa shape index (κ2) is 12.5. The Hall–Kier alpha value is -0.800. The lowest BCUT2D eigenvalue weighted by Gasteiger charge is -2.28. The minimum absolute atomic E-state index is 0. The van der Waals surface area contributed by atoms with E-state index in [1.165, 1.54) is 0 Å². The van der Waals surface area contributed by atoms with E-state index in [1.54, 1.807) is 0 Å². The van der Waals surface area contributed by atoms with Crippen molar-refractivity contribution in [1.82, 2.24) is 20.1 Å². The Morgan fingerprint density at radius 2 is 1.92 bits per heavy atom. The number of nitrogens with one attached hydrogen (secondary N) is 2. The fraction of sp³-hybridized carbons (Fsp3) is 0.706. The van der Waals surface area contributed by atoms with Gasteiger partial charge in [-0.25, -0.2) is 0 Å². The molecule has 1 aromatic heterocycles. The van der Waals surface area contributed by atoms with E-state index in [0.29, 0.717) is 5.92 Å². The van der Waals surface area contributed by atoms with Gasteiger partial charge in [0.05, 0.1) is 13.2 Å². The molecule has 0 bridgehead atoms. The molecule has 1 aliphatic heterocycles. The summed E-state index contributed by atoms with van der Waals surface area (Å²) in [7, 11) is 0. The van der Waals surface area contributed by atoms with Gasteiger partial charge in [0, 0.05) is 58.2 Å². The third-order valence-corrected chi connectivity index (χ3v) is 3.91. The van der Waals surface area contributed by atoms with Crippen LogP contribution in [0.2, 0.25) is 0 Å². The fourth-order valence-electron chi connectivity index (χ4n) is 2.69. The van der Waals surface area contributed by atoms with Crippen LogP contribution >= 0.6 is 24.0 Å². The van der Waals surface area contributed by atoms with E-state index in [0.717, 1.165) is 65.0 Å². The topological polar surface area (TPSA) is 53.8 Å². The summed E-state index contributed by atoms with van der Waals surface area (Å²) in [6, 6.07) is 4.10. The molecule has 2 rings (SSSR count). The number of guanidine groups is 1. The van der Waals surface area contributed by atoms with Gasteiger partial charge in [0.1, 0.15) is 0 Å². The molecule has 2 heterocycles. The number of ether oxygens (including phenoxy) is 1. The van der Waals surface area contributed by atoms with Crippen LogP contribution < -0.4 is 10.6 Å². The van der Waals surface area contributed by atoms with Crippen molar-refractivity contribution in [3.63, 3.8) is 0 Å². The van der Waals surface area contributed by atoms with Crippen molar-refractivity contribution >= 4 is 29.9 Å². The molecule has 7 heteroatoms. The van der Waals surface area contributed by atoms with Gasteiger partial charge in [-0.2, -0.15) is 0 Å². The smallest absolute Gasteiger partial charge is 0.191 e. The SMILES string of the molecule is CCNC(=NCC(C)CN1CCOCC1)NCCn1cccc1.I. The molecule has 1 atom stereocenters. The molecule has 24 heavy (non-hydrogen) atoms. The summed E-state index contributed by atoms with van der Waals surface area (Å²) in [4.78, 5) is 7.19. The number of nitrogens with zero attached hydrogens (tertiary/aromatic N) is 3. The van der Waals surface area contributed by atoms with Crippen LogP contribution in [-0.2, 0) is 11.3 Å². The van der Waals surface area contributed by atoms with Gasteiger partial charge in [0.25, 0.3) is 0 Å². The Kier molecular flexibility index (Phi) is 11.1. The number of aliphatic imine (C=N–C) groups is 1. The summed E-state index contributed by atoms with van der Waals surface area (Å²) >= 11 is 0. The summed E-state index contributed by atoms with van der Waals surface area (Å²) in [5.41, 5.74) is 0. The molecule has 1 fully saturated rings. The Balaban J connectivity index is 0.00000288. The second-order valence-electron chi connectivity index (χ2n) is 6.09. The summed E-state index contributed by atoms with van der Waals surface area (Å²) in [6.45, 7) is 12.8. The van der Waals surface area contributed by atoms with Gasteiger partial charge in [0.2, 0.25) is 0 Å². The van der Waals surface area contributed by atoms with E-state index in [1.807, 2.05) is 12.1 Å². The minimum Gasteiger partial charge on any atom is -0.379 e. The average molecular weight is 449 g/mol. The Morgan fingerprint density at radius 3 is 2.58 bits per heavy atom. The predicted octanol–water partition coefficient (Wildman–Crippen LogP) is 1.63. The highest BCUT2D eigenvalue weighted by Gasteiger charge is 2.13. The summed E-state index contributed by atoms with van der Waals surface area (Å²) in [6.07, 6.45) is 4.16. The van der Waals surface area contributed by atoms with Crippen molar-refractivity contribution in [3.8, 4) is 0 Å². The highest BCUT2D eigenvalue weighted by Crippen LogP contribution is 2.03. The zero-order chi connectivity index (χ0) is 16.3. The maximum Gasteiger partial charge on any atom is 0.191 e. The molecule has 1 saturated heterocycles. The Morgan fingerprint density at radius 1 is 1.21 bits per heavy atom. The zero-order valence-corrected chi connectivity index (χ0v) is 17.2. The molecule has 0 spiro atoms. The van der Waals surface area contributed by atoms with Gasteiger partial charge in [-0.1, -0.05) is 6.92 Å². The third-order valence-electron chi connectivity index (χ3n) is 3.91. The van der Waals surface area contributed by atoms with Crippen molar-refractivity contribution in [1.29, 1.82) is 0 Å². The lowest BCUT2D eigenvalue weighted by atomic mass is 10.1. The first-order chi connectivity index (χ1) is 11.3. The lowest BCUT2D eigenvalue weighted by molar-refractivity contribution is 0.0323. The standard InChI is InChI=1S/C17H31N5O.HI/c1-3-18-17(19-6-9-21-7-4-5-8-21)20-14-16(2)15-22-10-12-23-13-11-22;/h4-5,7-8,16H,3,6,9-15H2,1-2H3,(H2,18,19,20);1H. The van der Waals surface area contributed by atoms with Gasteiger partial charge in [-0.3, -0.25) is 9.89 Å². The first-order valence-corrected chi connectivity index (χ1v) is 8.71. The molecule has 0 saturated carbocycles. The molecule has 2 N–H and O–H groups in total. The monoisotopic (exact) mass is 449 g/mol. The van der Waals surface area contributed by atoms with Crippen LogP contribution in [-0.4, -0.2) is 67.9 Å². The largest absolute Gasteiger partial charge is 0.379 e. The van der Waals surface area contributed by atoms with E-state index in [9.17, 15) is 0 Å². The highest BCUT2D eigenvalue weighted by atomic mass is 127. The molecule has 0 aromatic carbocycles. The zero-order valence-electron chi connectivity index (χ0n) is 14.9. The molecule has 0 amide bonds. The Bertz CT molecular complexity index is 446. The number of hydrogen-bond acceptors (Lipinski definition) is 3. The average Bonchev–Trinajstić information content (AvgIpc) is 3.07. The molecule has 138 valence electrons. The van der Waals surface area contributed by atoms with Gasteiger partial charge >= 0.3 is 0 Å². The van der Waals surface area contributed by atoms with E-state index in [2.05, 4.69) is 46.3 Å². The van der Waals surface area contributed by atoms with Crippen molar-refractivity contribution in [2.24, 2.45) is 10.9 Å². The van der Waals surface area contributed by atoms with Gasteiger partial charge in [-0.05, 0) is 25.0 Å². The summed E-state index contributed by atoms with van der Waals surface area (Å²) in [5.74, 6) is 1.46.